The number of hydrogen-bond donors (Lipinski definition) is 0. The molecule has 1 unspecified atom stereocenters. The van der Waals surface area contributed by atoms with Crippen molar-refractivity contribution in [3.8, 4) is 0 Å². The van der Waals surface area contributed by atoms with Crippen molar-refractivity contribution in [3.63, 3.8) is 0 Å². The summed E-state index contributed by atoms with van der Waals surface area (Å²) in [4.78, 5) is 0.274. The zero-order valence-electron chi connectivity index (χ0n) is 10.1. The summed E-state index contributed by atoms with van der Waals surface area (Å²) in [6.07, 6.45) is 1.82. The average Bonchev–Trinajstić information content (AvgIpc) is 2.76. The van der Waals surface area contributed by atoms with E-state index in [9.17, 15) is 8.42 Å². The van der Waals surface area contributed by atoms with Crippen LogP contribution in [0.1, 0.15) is 25.3 Å². The first-order chi connectivity index (χ1) is 8.46. The molecule has 0 bridgehead atoms. The van der Waals surface area contributed by atoms with Gasteiger partial charge >= 0.3 is 0 Å². The van der Waals surface area contributed by atoms with E-state index in [4.69, 9.17) is 23.2 Å². The van der Waals surface area contributed by atoms with E-state index in [1.807, 2.05) is 6.92 Å². The fourth-order valence-corrected chi connectivity index (χ4v) is 4.44. The van der Waals surface area contributed by atoms with Crippen LogP contribution in [-0.4, -0.2) is 25.3 Å². The van der Waals surface area contributed by atoms with Gasteiger partial charge in [0.15, 0.2) is 0 Å². The first-order valence-corrected chi connectivity index (χ1v) is 8.18. The minimum atomic E-state index is -3.42. The van der Waals surface area contributed by atoms with Crippen molar-refractivity contribution < 1.29 is 8.42 Å². The maximum Gasteiger partial charge on any atom is 0.243 e. The van der Waals surface area contributed by atoms with Crippen LogP contribution in [0.25, 0.3) is 0 Å². The van der Waals surface area contributed by atoms with Crippen molar-refractivity contribution in [2.24, 2.45) is 0 Å². The van der Waals surface area contributed by atoms with Crippen molar-refractivity contribution >= 4 is 33.2 Å². The molecule has 2 rings (SSSR count). The van der Waals surface area contributed by atoms with E-state index in [0.717, 1.165) is 12.8 Å². The maximum absolute atomic E-state index is 12.5. The van der Waals surface area contributed by atoms with E-state index in [2.05, 4.69) is 0 Å². The second-order valence-corrected chi connectivity index (χ2v) is 7.06. The summed E-state index contributed by atoms with van der Waals surface area (Å²) in [6, 6.07) is 4.76. The molecule has 1 heterocycles. The summed E-state index contributed by atoms with van der Waals surface area (Å²) in [6.45, 7) is 2.52. The second-order valence-electron chi connectivity index (χ2n) is 4.49. The molecule has 100 valence electrons. The lowest BCUT2D eigenvalue weighted by molar-refractivity contribution is 0.408. The van der Waals surface area contributed by atoms with Crippen LogP contribution in [0.3, 0.4) is 0 Å². The van der Waals surface area contributed by atoms with Crippen LogP contribution in [0.2, 0.25) is 5.02 Å². The van der Waals surface area contributed by atoms with Crippen LogP contribution < -0.4 is 0 Å². The Kier molecular flexibility index (Phi) is 4.22. The lowest BCUT2D eigenvalue weighted by atomic mass is 10.2. The van der Waals surface area contributed by atoms with Gasteiger partial charge in [0.1, 0.15) is 0 Å². The Morgan fingerprint density at radius 3 is 2.72 bits per heavy atom. The van der Waals surface area contributed by atoms with Crippen LogP contribution in [0.4, 0.5) is 0 Å². The highest BCUT2D eigenvalue weighted by atomic mass is 35.5. The minimum absolute atomic E-state index is 0.0603. The van der Waals surface area contributed by atoms with Gasteiger partial charge in [0, 0.05) is 23.5 Å². The van der Waals surface area contributed by atoms with E-state index >= 15 is 0 Å². The predicted octanol–water partition coefficient (Wildman–Crippen LogP) is 3.25. The molecule has 0 spiro atoms. The third-order valence-electron chi connectivity index (χ3n) is 3.26. The van der Waals surface area contributed by atoms with Crippen LogP contribution in [0, 0.1) is 0 Å². The summed E-state index contributed by atoms with van der Waals surface area (Å²) in [5.74, 6) is 0.206. The number of benzene rings is 1. The first kappa shape index (κ1) is 14.1. The molecule has 1 atom stereocenters. The molecule has 0 radical (unpaired) electrons. The molecule has 0 aromatic heterocycles. The fraction of sp³-hybridized carbons (Fsp3) is 0.500. The van der Waals surface area contributed by atoms with Gasteiger partial charge in [0.2, 0.25) is 10.0 Å². The molecule has 18 heavy (non-hydrogen) atoms. The quantitative estimate of drug-likeness (QED) is 0.804. The fourth-order valence-electron chi connectivity index (χ4n) is 2.21. The van der Waals surface area contributed by atoms with Gasteiger partial charge in [-0.25, -0.2) is 8.42 Å². The molecule has 1 fully saturated rings. The number of rotatable bonds is 3. The van der Waals surface area contributed by atoms with Crippen molar-refractivity contribution in [3.05, 3.63) is 28.8 Å². The van der Waals surface area contributed by atoms with E-state index in [1.54, 1.807) is 22.5 Å². The molecule has 0 aliphatic carbocycles. The van der Waals surface area contributed by atoms with Gasteiger partial charge in [0.25, 0.3) is 0 Å². The van der Waals surface area contributed by atoms with Crippen molar-refractivity contribution in [1.29, 1.82) is 0 Å². The minimum Gasteiger partial charge on any atom is -0.207 e. The summed E-state index contributed by atoms with van der Waals surface area (Å²) < 4.78 is 26.5. The Balaban J connectivity index is 2.41. The second kappa shape index (κ2) is 5.37. The van der Waals surface area contributed by atoms with Crippen molar-refractivity contribution in [1.82, 2.24) is 4.31 Å². The third-order valence-corrected chi connectivity index (χ3v) is 5.93. The van der Waals surface area contributed by atoms with E-state index in [1.165, 1.54) is 0 Å². The number of halogens is 2. The Labute approximate surface area is 118 Å². The van der Waals surface area contributed by atoms with Crippen molar-refractivity contribution in [2.45, 2.75) is 36.6 Å². The summed E-state index contributed by atoms with van der Waals surface area (Å²) >= 11 is 11.7. The van der Waals surface area contributed by atoms with Crippen LogP contribution in [0.15, 0.2) is 23.1 Å². The SMILES string of the molecule is CC1CCCN1S(=O)(=O)c1ccc(Cl)c(CCl)c1. The molecular weight excluding hydrogens is 293 g/mol. The Morgan fingerprint density at radius 2 is 2.17 bits per heavy atom. The van der Waals surface area contributed by atoms with Crippen LogP contribution in [0.5, 0.6) is 0 Å². The summed E-state index contributed by atoms with van der Waals surface area (Å²) in [7, 11) is -3.42. The molecule has 0 saturated carbocycles. The molecule has 1 saturated heterocycles. The standard InChI is InChI=1S/C12H15Cl2NO2S/c1-9-3-2-6-15(9)18(16,17)11-4-5-12(14)10(7-11)8-13/h4-5,7,9H,2-3,6,8H2,1H3. The van der Waals surface area contributed by atoms with E-state index in [-0.39, 0.29) is 16.8 Å². The van der Waals surface area contributed by atoms with Gasteiger partial charge in [-0.3, -0.25) is 0 Å². The zero-order valence-corrected chi connectivity index (χ0v) is 12.4. The van der Waals surface area contributed by atoms with E-state index < -0.39 is 10.0 Å². The third kappa shape index (κ3) is 2.52. The molecule has 1 aromatic rings. The highest BCUT2D eigenvalue weighted by Gasteiger charge is 2.32. The van der Waals surface area contributed by atoms with Crippen molar-refractivity contribution in [2.75, 3.05) is 6.54 Å². The Hall–Kier alpha value is -0.290. The number of hydrogen-bond acceptors (Lipinski definition) is 2. The average molecular weight is 308 g/mol. The van der Waals surface area contributed by atoms with Gasteiger partial charge in [-0.2, -0.15) is 4.31 Å². The number of nitrogens with zero attached hydrogens (tertiary/aromatic N) is 1. The highest BCUT2D eigenvalue weighted by molar-refractivity contribution is 7.89. The Morgan fingerprint density at radius 1 is 1.44 bits per heavy atom. The monoisotopic (exact) mass is 307 g/mol. The molecular formula is C12H15Cl2NO2S. The molecule has 0 amide bonds. The number of sulfonamides is 1. The largest absolute Gasteiger partial charge is 0.243 e. The smallest absolute Gasteiger partial charge is 0.207 e. The van der Waals surface area contributed by atoms with E-state index in [0.29, 0.717) is 17.1 Å². The van der Waals surface area contributed by atoms with Gasteiger partial charge in [-0.1, -0.05) is 11.6 Å². The highest BCUT2D eigenvalue weighted by Crippen LogP contribution is 2.28. The topological polar surface area (TPSA) is 37.4 Å². The molecule has 0 N–H and O–H groups in total. The van der Waals surface area contributed by atoms with Gasteiger partial charge in [0.05, 0.1) is 4.90 Å². The zero-order chi connectivity index (χ0) is 13.3. The normalized spacial score (nSPS) is 21.4. The molecule has 1 aliphatic rings. The van der Waals surface area contributed by atoms with Gasteiger partial charge < -0.3 is 0 Å². The molecule has 3 nitrogen and oxygen atoms in total. The maximum atomic E-state index is 12.5. The van der Waals surface area contributed by atoms with Gasteiger partial charge in [-0.05, 0) is 43.5 Å². The lowest BCUT2D eigenvalue weighted by Gasteiger charge is -2.21. The van der Waals surface area contributed by atoms with Crippen LogP contribution in [-0.2, 0) is 15.9 Å². The molecule has 1 aliphatic heterocycles. The predicted molar refractivity (Wildman–Crippen MR) is 73.6 cm³/mol. The Bertz CT molecular complexity index is 545. The first-order valence-electron chi connectivity index (χ1n) is 5.83. The molecule has 6 heteroatoms. The number of alkyl halides is 1. The van der Waals surface area contributed by atoms with Crippen LogP contribution >= 0.6 is 23.2 Å². The van der Waals surface area contributed by atoms with Gasteiger partial charge in [-0.15, -0.1) is 11.6 Å². The molecule has 1 aromatic carbocycles. The summed E-state index contributed by atoms with van der Waals surface area (Å²) in [5, 5.41) is 0.499. The lowest BCUT2D eigenvalue weighted by Crippen LogP contribution is -2.33. The summed E-state index contributed by atoms with van der Waals surface area (Å²) in [5.41, 5.74) is 0.645.